The van der Waals surface area contributed by atoms with Gasteiger partial charge >= 0.3 is 0 Å². The van der Waals surface area contributed by atoms with Gasteiger partial charge in [0.1, 0.15) is 18.1 Å². The van der Waals surface area contributed by atoms with Crippen molar-refractivity contribution >= 4 is 17.2 Å². The van der Waals surface area contributed by atoms with Crippen LogP contribution in [-0.2, 0) is 17.9 Å². The summed E-state index contributed by atoms with van der Waals surface area (Å²) in [7, 11) is 0. The maximum atomic E-state index is 13.6. The molecule has 0 radical (unpaired) electrons. The number of Topliss-reactive ketones (excluding diaryl/α,β-unsaturated/α-hetero) is 1. The van der Waals surface area contributed by atoms with Gasteiger partial charge in [-0.15, -0.1) is 5.10 Å². The molecular formula is C32H33N5O2. The molecule has 2 aliphatic rings. The standard InChI is InChI=1S/C32H33N5O2/c1-21-9-8-10-22(15-21)18-37-19-23(35-36-37)20-39-29-14-7-4-11-24(29)31-30-27(16-32(2,3)17-28(30)38)33-25-12-5-6-13-26(25)34-31/h4-15,19,31,33-34H,16-18,20H2,1-3H3. The van der Waals surface area contributed by atoms with Crippen molar-refractivity contribution in [3.05, 3.63) is 113 Å². The number of allylic oxidation sites excluding steroid dienone is 1. The van der Waals surface area contributed by atoms with E-state index in [0.717, 1.165) is 40.3 Å². The van der Waals surface area contributed by atoms with E-state index in [9.17, 15) is 4.79 Å². The van der Waals surface area contributed by atoms with Crippen molar-refractivity contribution in [3.8, 4) is 5.75 Å². The smallest absolute Gasteiger partial charge is 0.163 e. The first-order chi connectivity index (χ1) is 18.8. The van der Waals surface area contributed by atoms with Gasteiger partial charge < -0.3 is 15.4 Å². The number of nitrogens with one attached hydrogen (secondary N) is 2. The van der Waals surface area contributed by atoms with E-state index in [1.54, 1.807) is 0 Å². The summed E-state index contributed by atoms with van der Waals surface area (Å²) in [6.07, 6.45) is 3.23. The third-order valence-corrected chi connectivity index (χ3v) is 7.34. The summed E-state index contributed by atoms with van der Waals surface area (Å²) in [6, 6.07) is 24.1. The second kappa shape index (κ2) is 10.1. The van der Waals surface area contributed by atoms with Crippen LogP contribution in [0.25, 0.3) is 0 Å². The third-order valence-electron chi connectivity index (χ3n) is 7.34. The lowest BCUT2D eigenvalue weighted by atomic mass is 9.73. The van der Waals surface area contributed by atoms with Crippen LogP contribution in [0.3, 0.4) is 0 Å². The van der Waals surface area contributed by atoms with Crippen LogP contribution >= 0.6 is 0 Å². The molecule has 0 saturated carbocycles. The molecule has 4 aromatic rings. The number of fused-ring (bicyclic) bond motifs is 1. The maximum absolute atomic E-state index is 13.6. The average molecular weight is 520 g/mol. The first kappa shape index (κ1) is 24.9. The van der Waals surface area contributed by atoms with Crippen molar-refractivity contribution in [1.29, 1.82) is 0 Å². The normalized spacial score (nSPS) is 17.9. The second-order valence-electron chi connectivity index (χ2n) is 11.3. The first-order valence-corrected chi connectivity index (χ1v) is 13.4. The maximum Gasteiger partial charge on any atom is 0.163 e. The highest BCUT2D eigenvalue weighted by molar-refractivity contribution is 6.01. The van der Waals surface area contributed by atoms with Gasteiger partial charge in [0.15, 0.2) is 5.78 Å². The van der Waals surface area contributed by atoms with Gasteiger partial charge in [-0.05, 0) is 42.5 Å². The zero-order valence-corrected chi connectivity index (χ0v) is 22.6. The van der Waals surface area contributed by atoms with Crippen molar-refractivity contribution in [2.45, 2.75) is 52.8 Å². The number of ether oxygens (including phenoxy) is 1. The fraction of sp³-hybridized carbons (Fsp3) is 0.281. The molecule has 39 heavy (non-hydrogen) atoms. The Hall–Kier alpha value is -4.39. The number of hydrogen-bond donors (Lipinski definition) is 2. The van der Waals surface area contributed by atoms with Crippen molar-refractivity contribution in [2.75, 3.05) is 10.6 Å². The van der Waals surface area contributed by atoms with E-state index in [-0.39, 0.29) is 23.8 Å². The fourth-order valence-electron chi connectivity index (χ4n) is 5.60. The average Bonchev–Trinajstić information content (AvgIpc) is 3.27. The van der Waals surface area contributed by atoms with Crippen LogP contribution in [-0.4, -0.2) is 20.8 Å². The predicted molar refractivity (Wildman–Crippen MR) is 153 cm³/mol. The van der Waals surface area contributed by atoms with Crippen LogP contribution < -0.4 is 15.4 Å². The van der Waals surface area contributed by atoms with E-state index in [2.05, 4.69) is 66.0 Å². The van der Waals surface area contributed by atoms with Crippen LogP contribution in [0.15, 0.2) is 90.3 Å². The number of ketones is 1. The van der Waals surface area contributed by atoms with Gasteiger partial charge in [0.05, 0.1) is 30.2 Å². The van der Waals surface area contributed by atoms with Crippen LogP contribution in [0.2, 0.25) is 0 Å². The molecule has 3 aromatic carbocycles. The number of aromatic nitrogens is 3. The minimum absolute atomic E-state index is 0.104. The van der Waals surface area contributed by atoms with Gasteiger partial charge in [-0.1, -0.05) is 79.2 Å². The van der Waals surface area contributed by atoms with E-state index < -0.39 is 0 Å². The van der Waals surface area contributed by atoms with E-state index >= 15 is 0 Å². The van der Waals surface area contributed by atoms with E-state index in [0.29, 0.717) is 18.7 Å². The lowest BCUT2D eigenvalue weighted by Gasteiger charge is -2.34. The van der Waals surface area contributed by atoms with Gasteiger partial charge in [0, 0.05) is 23.3 Å². The Morgan fingerprint density at radius 3 is 2.64 bits per heavy atom. The summed E-state index contributed by atoms with van der Waals surface area (Å²) in [5, 5.41) is 15.9. The summed E-state index contributed by atoms with van der Waals surface area (Å²) in [5.74, 6) is 0.875. The Morgan fingerprint density at radius 2 is 1.79 bits per heavy atom. The van der Waals surface area contributed by atoms with E-state index in [4.69, 9.17) is 4.74 Å². The Morgan fingerprint density at radius 1 is 1.00 bits per heavy atom. The molecular weight excluding hydrogens is 486 g/mol. The topological polar surface area (TPSA) is 81.1 Å². The predicted octanol–water partition coefficient (Wildman–Crippen LogP) is 6.44. The minimum Gasteiger partial charge on any atom is -0.487 e. The molecule has 1 aliphatic carbocycles. The number of carbonyl (C=O) groups excluding carboxylic acids is 1. The van der Waals surface area contributed by atoms with Crippen molar-refractivity contribution < 1.29 is 9.53 Å². The Kier molecular flexibility index (Phi) is 6.43. The number of para-hydroxylation sites is 3. The number of benzene rings is 3. The zero-order valence-electron chi connectivity index (χ0n) is 22.6. The van der Waals surface area contributed by atoms with Gasteiger partial charge in [0.2, 0.25) is 0 Å². The summed E-state index contributed by atoms with van der Waals surface area (Å²) < 4.78 is 8.16. The SMILES string of the molecule is Cc1cccc(Cn2cc(COc3ccccc3C3Nc4ccccc4NC4=C3C(=O)CC(C)(C)C4)nn2)c1. The number of rotatable bonds is 6. The molecule has 1 aromatic heterocycles. The number of anilines is 2. The quantitative estimate of drug-likeness (QED) is 0.305. The molecule has 6 rings (SSSR count). The van der Waals surface area contributed by atoms with Gasteiger partial charge in [-0.2, -0.15) is 0 Å². The van der Waals surface area contributed by atoms with Gasteiger partial charge in [-0.3, -0.25) is 4.79 Å². The van der Waals surface area contributed by atoms with Crippen LogP contribution in [0.4, 0.5) is 11.4 Å². The number of aryl methyl sites for hydroxylation is 1. The largest absolute Gasteiger partial charge is 0.487 e. The molecule has 7 nitrogen and oxygen atoms in total. The molecule has 0 amide bonds. The highest BCUT2D eigenvalue weighted by Crippen LogP contribution is 2.46. The molecule has 1 atom stereocenters. The second-order valence-corrected chi connectivity index (χ2v) is 11.3. The molecule has 198 valence electrons. The zero-order chi connectivity index (χ0) is 27.0. The number of nitrogens with zero attached hydrogens (tertiary/aromatic N) is 3. The van der Waals surface area contributed by atoms with E-state index in [1.165, 1.54) is 11.1 Å². The third kappa shape index (κ3) is 5.30. The lowest BCUT2D eigenvalue weighted by Crippen LogP contribution is -2.31. The van der Waals surface area contributed by atoms with Crippen molar-refractivity contribution in [2.24, 2.45) is 5.41 Å². The minimum atomic E-state index is -0.340. The number of hydrogen-bond acceptors (Lipinski definition) is 6. The Bertz CT molecular complexity index is 1570. The fourth-order valence-corrected chi connectivity index (χ4v) is 5.60. The molecule has 2 heterocycles. The molecule has 2 N–H and O–H groups in total. The van der Waals surface area contributed by atoms with Crippen LogP contribution in [0.5, 0.6) is 5.75 Å². The highest BCUT2D eigenvalue weighted by atomic mass is 16.5. The Balaban J connectivity index is 1.28. The van der Waals surface area contributed by atoms with Gasteiger partial charge in [-0.25, -0.2) is 4.68 Å². The monoisotopic (exact) mass is 519 g/mol. The molecule has 0 saturated heterocycles. The summed E-state index contributed by atoms with van der Waals surface area (Å²) in [5.41, 5.74) is 7.65. The molecule has 1 aliphatic heterocycles. The van der Waals surface area contributed by atoms with Crippen LogP contribution in [0.1, 0.15) is 55.1 Å². The van der Waals surface area contributed by atoms with Gasteiger partial charge in [0.25, 0.3) is 0 Å². The molecule has 0 spiro atoms. The molecule has 0 fully saturated rings. The number of carbonyl (C=O) groups is 1. The lowest BCUT2D eigenvalue weighted by molar-refractivity contribution is -0.118. The summed E-state index contributed by atoms with van der Waals surface area (Å²) in [6.45, 7) is 7.32. The first-order valence-electron chi connectivity index (χ1n) is 13.4. The molecule has 1 unspecified atom stereocenters. The molecule has 0 bridgehead atoms. The van der Waals surface area contributed by atoms with Crippen LogP contribution in [0, 0.1) is 12.3 Å². The van der Waals surface area contributed by atoms with Crippen molar-refractivity contribution in [1.82, 2.24) is 15.0 Å². The summed E-state index contributed by atoms with van der Waals surface area (Å²) >= 11 is 0. The molecule has 7 heteroatoms. The highest BCUT2D eigenvalue weighted by Gasteiger charge is 2.39. The summed E-state index contributed by atoms with van der Waals surface area (Å²) in [4.78, 5) is 13.6. The van der Waals surface area contributed by atoms with E-state index in [1.807, 2.05) is 59.4 Å². The Labute approximate surface area is 228 Å². The van der Waals surface area contributed by atoms with Crippen molar-refractivity contribution in [3.63, 3.8) is 0 Å².